The van der Waals surface area contributed by atoms with Crippen LogP contribution in [-0.2, 0) is 313 Å². The number of carbonyl (C=O) groups is 2. The number of aliphatic hydroxyl groups is 3. The van der Waals surface area contributed by atoms with Crippen LogP contribution in [0, 0.1) is 0 Å². The van der Waals surface area contributed by atoms with Crippen LogP contribution >= 0.6 is 17.0 Å². The molecule has 0 spiro atoms. The van der Waals surface area contributed by atoms with E-state index in [1.54, 1.807) is 154 Å². The Hall–Kier alpha value is 10.6. The van der Waals surface area contributed by atoms with Gasteiger partial charge in [0.05, 0.1) is 0 Å². The number of carbonyl (C=O) groups excluding carboxylic acids is 2. The minimum Gasteiger partial charge on any atom is -1.00 e. The van der Waals surface area contributed by atoms with Crippen molar-refractivity contribution < 1.29 is 175 Å². The molecule has 3 radical (unpaired) electrons. The van der Waals surface area contributed by atoms with E-state index in [0.717, 1.165) is 20.0 Å². The number of ether oxygens (including phenoxy) is 1. The molecule has 0 aromatic rings. The van der Waals surface area contributed by atoms with Crippen LogP contribution < -0.4 is 138 Å². The molecular weight excluding hydrogens is 1450 g/mol. The topological polar surface area (TPSA) is 136 Å². The Labute approximate surface area is 554 Å². The second kappa shape index (κ2) is 159. The fourth-order valence-corrected chi connectivity index (χ4v) is 41.3. The van der Waals surface area contributed by atoms with Crippen molar-refractivity contribution in [3.8, 4) is 0 Å². The average molecular weight is 1480 g/mol. The predicted octanol–water partition coefficient (Wildman–Crippen LogP) is -9.74. The molecule has 0 aliphatic carbocycles. The molecule has 0 unspecified atom stereocenters. The van der Waals surface area contributed by atoms with Crippen molar-refractivity contribution in [3.05, 3.63) is 0 Å². The molecule has 0 amide bonds. The SMILES string of the molecule is Br.CC=O.CCO.CCO.CCOC.CO.O=CO[O-].S=S=S=S.S=S=S=S=S=S=S=S.S=S=S=S=S=S=S=S=S.S=S=S=S=S=S=S=S=S=S.[B].[H-].[H-].[K+].[K+].[Na+]. The summed E-state index contributed by atoms with van der Waals surface area (Å²) in [5.74, 6) is 0. The summed E-state index contributed by atoms with van der Waals surface area (Å²) in [6.45, 7) is 7.90. The second-order valence-electron chi connectivity index (χ2n) is 3.20. The molecule has 0 saturated carbocycles. The summed E-state index contributed by atoms with van der Waals surface area (Å²) >= 11 is 36.4. The summed E-state index contributed by atoms with van der Waals surface area (Å²) in [7, 11) is 37.7. The first-order valence-electron chi connectivity index (χ1n) is 9.85. The Morgan fingerprint density at radius 3 is 0.709 bits per heavy atom. The normalized spacial score (nSPS) is 5.56. The van der Waals surface area contributed by atoms with E-state index in [4.69, 9.17) is 30.2 Å². The molecule has 323 valence electrons. The Kier molecular flexibility index (Phi) is 308. The van der Waals surface area contributed by atoms with E-state index in [0.29, 0.717) is 0 Å². The first-order valence-corrected chi connectivity index (χ1v) is 45.8. The summed E-state index contributed by atoms with van der Waals surface area (Å²) in [5.41, 5.74) is 0. The zero-order chi connectivity index (χ0) is 41.2. The first-order chi connectivity index (χ1) is 24.2. The maximum absolute atomic E-state index is 8.81. The molecule has 0 aromatic heterocycles. The maximum Gasteiger partial charge on any atom is 1.00 e. The molecule has 0 bridgehead atoms. The quantitative estimate of drug-likeness (QED) is 0.105. The van der Waals surface area contributed by atoms with E-state index in [-0.39, 0.29) is 180 Å². The van der Waals surface area contributed by atoms with Crippen molar-refractivity contribution in [1.82, 2.24) is 0 Å². The van der Waals surface area contributed by atoms with Crippen LogP contribution in [0.4, 0.5) is 0 Å². The maximum atomic E-state index is 8.81. The van der Waals surface area contributed by atoms with Gasteiger partial charge in [-0.15, -0.1) is 17.0 Å². The third kappa shape index (κ3) is 254. The summed E-state index contributed by atoms with van der Waals surface area (Å²) in [5, 5.41) is 30.6. The number of aldehydes is 1. The van der Waals surface area contributed by atoms with Crippen LogP contribution in [0.1, 0.15) is 30.5 Å². The molecule has 55 heavy (non-hydrogen) atoms. The van der Waals surface area contributed by atoms with Crippen molar-refractivity contribution in [1.29, 1.82) is 0 Å². The van der Waals surface area contributed by atoms with Gasteiger partial charge in [0.2, 0.25) is 0 Å². The van der Waals surface area contributed by atoms with Crippen LogP contribution in [0.15, 0.2) is 0 Å². The zero-order valence-electron chi connectivity index (χ0n) is 31.3. The van der Waals surface area contributed by atoms with Crippen LogP contribution in [0.3, 0.4) is 0 Å². The van der Waals surface area contributed by atoms with Gasteiger partial charge in [-0.05, 0) is 27.7 Å². The molecule has 0 fully saturated rings. The van der Waals surface area contributed by atoms with E-state index in [1.165, 1.54) is 78.0 Å². The molecule has 0 aliphatic heterocycles. The molecule has 0 heterocycles. The largest absolute Gasteiger partial charge is 1.00 e. The van der Waals surface area contributed by atoms with Gasteiger partial charge < -0.3 is 37.8 Å². The Balaban J connectivity index is -0.0000000213. The van der Waals surface area contributed by atoms with E-state index in [1.807, 2.05) is 6.92 Å². The Morgan fingerprint density at radius 1 is 0.545 bits per heavy atom. The standard InChI is InChI=1S/C3H8O.2C2H6O.C2H4O.CH2O3.CH4O.B.BrH.2K.Na.S10.S9.S8.S4.2H/c1-3-4-2;3*1-2-3;2-1-4-3;1-2;;;;;;1-3-5-7-9-10-8-6-4-2;1-3-5-7-9-8-6-4-2;1-3-5-7-8-6-4-2;1-3-4-2;;/h3H2,1-2H3;2*3H,2H2,1H3;2H,1H3;1,3H;2H,1H3;;1H;;;;;;;;;/q;;;;;;;;3*+1;;;;;2*-1/p-1. The predicted molar refractivity (Wildman–Crippen MR) is 317 cm³/mol. The van der Waals surface area contributed by atoms with E-state index < -0.39 is 0 Å². The molecule has 0 saturated heterocycles. The molecule has 3 N–H and O–H groups in total. The zero-order valence-corrected chi connectivity index (χ0v) is 64.6. The number of rotatable bonds is 2. The monoisotopic (exact) mass is 1470 g/mol. The van der Waals surface area contributed by atoms with Crippen molar-refractivity contribution in [3.63, 3.8) is 0 Å². The summed E-state index contributed by atoms with van der Waals surface area (Å²) in [6.07, 6.45) is 0.750. The fraction of sp³-hybridized carbons (Fsp3) is 0.818. The Morgan fingerprint density at radius 2 is 0.655 bits per heavy atom. The van der Waals surface area contributed by atoms with Crippen molar-refractivity contribution in [2.75, 3.05) is 34.0 Å². The Bertz CT molecular complexity index is 1630. The van der Waals surface area contributed by atoms with Crippen LogP contribution in [0.2, 0.25) is 0 Å². The van der Waals surface area contributed by atoms with Gasteiger partial charge in [0.1, 0.15) is 6.29 Å². The van der Waals surface area contributed by atoms with Gasteiger partial charge in [-0.25, -0.2) is 0 Å². The first kappa shape index (κ1) is 107. The summed E-state index contributed by atoms with van der Waals surface area (Å²) in [4.78, 5) is 20.1. The van der Waals surface area contributed by atoms with Gasteiger partial charge in [0, 0.05) is 336 Å². The summed E-state index contributed by atoms with van der Waals surface area (Å²) < 4.78 is 4.54. The number of hydrogen-bond acceptors (Lipinski definition) is 16. The third-order valence-electron chi connectivity index (χ3n) is 0.856. The average Bonchev–Trinajstić information content (AvgIpc) is 3.14. The molecule has 0 atom stereocenters. The van der Waals surface area contributed by atoms with Crippen LogP contribution in [-0.4, -0.2) is 70.5 Å². The number of methoxy groups -OCH3 is 1. The van der Waals surface area contributed by atoms with Gasteiger partial charge in [0.25, 0.3) is 6.47 Å². The molecule has 0 aromatic carbocycles. The fourth-order valence-electron chi connectivity index (χ4n) is 0.170. The van der Waals surface area contributed by atoms with Crippen molar-refractivity contribution in [2.24, 2.45) is 0 Å². The van der Waals surface area contributed by atoms with Gasteiger partial charge in [0.15, 0.2) is 0 Å². The number of aliphatic hydroxyl groups excluding tert-OH is 3. The van der Waals surface area contributed by atoms with Crippen molar-refractivity contribution >= 4 is 332 Å². The molecular formula is C11H32BBrK2NaO8S31. The molecule has 0 rings (SSSR count). The molecule has 0 aliphatic rings. The molecule has 44 heteroatoms. The van der Waals surface area contributed by atoms with Gasteiger partial charge in [-0.2, -0.15) is 0 Å². The van der Waals surface area contributed by atoms with E-state index in [9.17, 15) is 0 Å². The van der Waals surface area contributed by atoms with E-state index in [2.05, 4.69) is 99.1 Å². The second-order valence-corrected chi connectivity index (χ2v) is 43.9. The smallest absolute Gasteiger partial charge is 1.00 e. The van der Waals surface area contributed by atoms with Gasteiger partial charge >= 0.3 is 132 Å². The van der Waals surface area contributed by atoms with Gasteiger partial charge in [-0.1, -0.05) is 0 Å². The van der Waals surface area contributed by atoms with Crippen LogP contribution in [0.5, 0.6) is 0 Å². The van der Waals surface area contributed by atoms with Crippen molar-refractivity contribution in [2.45, 2.75) is 27.7 Å². The van der Waals surface area contributed by atoms with Gasteiger partial charge in [-0.3, -0.25) is 4.79 Å². The molecule has 8 nitrogen and oxygen atoms in total. The van der Waals surface area contributed by atoms with E-state index >= 15 is 0 Å². The minimum atomic E-state index is -0.181. The summed E-state index contributed by atoms with van der Waals surface area (Å²) in [6, 6.07) is 0. The number of halogens is 1. The minimum absolute atomic E-state index is 0. The van der Waals surface area contributed by atoms with Crippen LogP contribution in [0.25, 0.3) is 0 Å². The third-order valence-corrected chi connectivity index (χ3v) is 43.1. The number of hydrogen-bond donors (Lipinski definition) is 3.